The van der Waals surface area contributed by atoms with Crippen molar-refractivity contribution in [2.24, 2.45) is 0 Å². The third kappa shape index (κ3) is 3.82. The van der Waals surface area contributed by atoms with Gasteiger partial charge in [-0.3, -0.25) is 19.7 Å². The fourth-order valence-corrected chi connectivity index (χ4v) is 3.65. The van der Waals surface area contributed by atoms with Crippen molar-refractivity contribution in [2.45, 2.75) is 19.0 Å². The van der Waals surface area contributed by atoms with Crippen LogP contribution in [0.5, 0.6) is 0 Å². The highest BCUT2D eigenvalue weighted by Crippen LogP contribution is 2.40. The normalized spacial score (nSPS) is 16.2. The fourth-order valence-electron chi connectivity index (χ4n) is 3.65. The lowest BCUT2D eigenvalue weighted by molar-refractivity contribution is -0.384. The number of carbonyl (C=O) groups excluding carboxylic acids is 2. The van der Waals surface area contributed by atoms with Crippen LogP contribution in [0.4, 0.5) is 5.69 Å². The molecule has 1 aromatic carbocycles. The van der Waals surface area contributed by atoms with E-state index in [1.54, 1.807) is 24.8 Å². The Hall–Kier alpha value is -4.21. The molecule has 1 amide bonds. The van der Waals surface area contributed by atoms with Crippen molar-refractivity contribution in [3.8, 4) is 0 Å². The van der Waals surface area contributed by atoms with Crippen molar-refractivity contribution in [1.29, 1.82) is 0 Å². The van der Waals surface area contributed by atoms with Crippen LogP contribution < -0.4 is 0 Å². The van der Waals surface area contributed by atoms with E-state index in [1.807, 2.05) is 4.57 Å². The summed E-state index contributed by atoms with van der Waals surface area (Å²) >= 11 is 0. The van der Waals surface area contributed by atoms with Crippen LogP contribution in [0.15, 0.2) is 77.1 Å². The number of Topliss-reactive ketones (excluding diaryl/α,β-unsaturated/α-hetero) is 1. The summed E-state index contributed by atoms with van der Waals surface area (Å²) in [5, 5.41) is 21.8. The lowest BCUT2D eigenvalue weighted by Crippen LogP contribution is -2.32. The van der Waals surface area contributed by atoms with Crippen LogP contribution in [-0.2, 0) is 11.3 Å². The van der Waals surface area contributed by atoms with Crippen molar-refractivity contribution in [3.63, 3.8) is 0 Å². The molecule has 10 heteroatoms. The molecule has 0 aliphatic carbocycles. The number of furan rings is 1. The summed E-state index contributed by atoms with van der Waals surface area (Å²) in [5.74, 6) is -2.08. The van der Waals surface area contributed by atoms with Crippen LogP contribution in [0.25, 0.3) is 0 Å². The molecule has 3 heterocycles. The third-order valence-electron chi connectivity index (χ3n) is 5.06. The molecule has 31 heavy (non-hydrogen) atoms. The van der Waals surface area contributed by atoms with Gasteiger partial charge in [0.25, 0.3) is 11.6 Å². The number of carbonyl (C=O) groups is 2. The number of aromatic nitrogens is 2. The molecule has 0 saturated carbocycles. The van der Waals surface area contributed by atoms with E-state index in [0.717, 1.165) is 0 Å². The number of aliphatic hydroxyl groups excluding tert-OH is 1. The van der Waals surface area contributed by atoms with Crippen LogP contribution in [0.1, 0.15) is 28.6 Å². The molecule has 0 unspecified atom stereocenters. The molecule has 2 aromatic heterocycles. The van der Waals surface area contributed by atoms with E-state index < -0.39 is 28.4 Å². The number of rotatable bonds is 8. The molecule has 0 fully saturated rings. The molecule has 0 bridgehead atoms. The Kier molecular flexibility index (Phi) is 5.35. The topological polar surface area (TPSA) is 132 Å². The molecular formula is C21H18N4O6. The Bertz CT molecular complexity index is 1150. The maximum absolute atomic E-state index is 13.0. The summed E-state index contributed by atoms with van der Waals surface area (Å²) in [5.41, 5.74) is 0.00622. The Labute approximate surface area is 176 Å². The minimum atomic E-state index is -0.979. The van der Waals surface area contributed by atoms with Crippen molar-refractivity contribution in [2.75, 3.05) is 6.54 Å². The van der Waals surface area contributed by atoms with Crippen molar-refractivity contribution in [1.82, 2.24) is 14.5 Å². The molecule has 1 aliphatic heterocycles. The van der Waals surface area contributed by atoms with Crippen molar-refractivity contribution in [3.05, 3.63) is 94.2 Å². The van der Waals surface area contributed by atoms with Gasteiger partial charge < -0.3 is 19.0 Å². The zero-order chi connectivity index (χ0) is 22.0. The number of imidazole rings is 1. The largest absolute Gasteiger partial charge is 0.503 e. The Morgan fingerprint density at radius 3 is 2.77 bits per heavy atom. The van der Waals surface area contributed by atoms with Crippen molar-refractivity contribution < 1.29 is 24.0 Å². The number of non-ortho nitro benzene ring substituents is 1. The molecule has 158 valence electrons. The zero-order valence-corrected chi connectivity index (χ0v) is 16.2. The number of hydrogen-bond acceptors (Lipinski definition) is 7. The third-order valence-corrected chi connectivity index (χ3v) is 5.06. The molecule has 0 saturated heterocycles. The Morgan fingerprint density at radius 1 is 1.26 bits per heavy atom. The number of aliphatic hydroxyl groups is 1. The molecule has 1 aliphatic rings. The first kappa shape index (κ1) is 20.1. The van der Waals surface area contributed by atoms with Gasteiger partial charge in [-0.25, -0.2) is 4.98 Å². The van der Waals surface area contributed by atoms with E-state index in [1.165, 1.54) is 41.5 Å². The summed E-state index contributed by atoms with van der Waals surface area (Å²) < 4.78 is 7.00. The minimum Gasteiger partial charge on any atom is -0.503 e. The van der Waals surface area contributed by atoms with Crippen LogP contribution in [0.2, 0.25) is 0 Å². The highest BCUT2D eigenvalue weighted by molar-refractivity contribution is 6.15. The van der Waals surface area contributed by atoms with Crippen LogP contribution in [-0.4, -0.2) is 42.7 Å². The van der Waals surface area contributed by atoms with Crippen LogP contribution in [0.3, 0.4) is 0 Å². The second kappa shape index (κ2) is 8.27. The average Bonchev–Trinajstić information content (AvgIpc) is 3.52. The van der Waals surface area contributed by atoms with Crippen LogP contribution in [0, 0.1) is 10.1 Å². The first-order chi connectivity index (χ1) is 15.0. The van der Waals surface area contributed by atoms with Gasteiger partial charge in [0.1, 0.15) is 0 Å². The first-order valence-corrected chi connectivity index (χ1v) is 9.49. The lowest BCUT2D eigenvalue weighted by Gasteiger charge is -2.26. The lowest BCUT2D eigenvalue weighted by atomic mass is 9.94. The Balaban J connectivity index is 1.70. The summed E-state index contributed by atoms with van der Waals surface area (Å²) in [6, 6.07) is 7.66. The smallest absolute Gasteiger partial charge is 0.290 e. The van der Waals surface area contributed by atoms with E-state index in [4.69, 9.17) is 4.42 Å². The Morgan fingerprint density at radius 2 is 2.10 bits per heavy atom. The minimum absolute atomic E-state index is 0.0370. The molecular weight excluding hydrogens is 404 g/mol. The fraction of sp³-hybridized carbons (Fsp3) is 0.190. The summed E-state index contributed by atoms with van der Waals surface area (Å²) in [7, 11) is 0. The summed E-state index contributed by atoms with van der Waals surface area (Å²) in [6.07, 6.45) is 6.90. The molecule has 3 aromatic rings. The maximum Gasteiger partial charge on any atom is 0.290 e. The van der Waals surface area contributed by atoms with Gasteiger partial charge in [0.05, 0.1) is 29.1 Å². The predicted molar refractivity (Wildman–Crippen MR) is 107 cm³/mol. The van der Waals surface area contributed by atoms with E-state index in [2.05, 4.69) is 4.98 Å². The van der Waals surface area contributed by atoms with Gasteiger partial charge in [-0.2, -0.15) is 0 Å². The van der Waals surface area contributed by atoms with Gasteiger partial charge in [-0.05, 0) is 24.1 Å². The number of nitro benzene ring substituents is 1. The molecule has 0 radical (unpaired) electrons. The van der Waals surface area contributed by atoms with E-state index in [-0.39, 0.29) is 23.6 Å². The van der Waals surface area contributed by atoms with Gasteiger partial charge in [-0.1, -0.05) is 12.1 Å². The van der Waals surface area contributed by atoms with Gasteiger partial charge in [0.2, 0.25) is 5.78 Å². The first-order valence-electron chi connectivity index (χ1n) is 9.49. The second-order valence-corrected chi connectivity index (χ2v) is 6.98. The van der Waals surface area contributed by atoms with Crippen molar-refractivity contribution >= 4 is 17.4 Å². The standard InChI is InChI=1S/C21H18N4O6/c26-19(16-6-2-11-31-16)17-18(14-4-1-5-15(12-14)25(29)30)24(21(28)20(17)27)9-3-8-23-10-7-22-13-23/h1-2,4-7,10-13,18,27H,3,8-9H2/t18-/m0/s1. The number of nitrogens with zero attached hydrogens (tertiary/aromatic N) is 4. The van der Waals surface area contributed by atoms with E-state index in [0.29, 0.717) is 18.5 Å². The second-order valence-electron chi connectivity index (χ2n) is 6.98. The molecule has 10 nitrogen and oxygen atoms in total. The van der Waals surface area contributed by atoms with E-state index in [9.17, 15) is 24.8 Å². The highest BCUT2D eigenvalue weighted by Gasteiger charge is 2.44. The highest BCUT2D eigenvalue weighted by atomic mass is 16.6. The van der Waals surface area contributed by atoms with Crippen LogP contribution >= 0.6 is 0 Å². The number of nitro groups is 1. The number of benzene rings is 1. The maximum atomic E-state index is 13.0. The summed E-state index contributed by atoms with van der Waals surface area (Å²) in [4.78, 5) is 41.9. The zero-order valence-electron chi connectivity index (χ0n) is 16.2. The number of hydrogen-bond donors (Lipinski definition) is 1. The van der Waals surface area contributed by atoms with Gasteiger partial charge in [-0.15, -0.1) is 0 Å². The monoisotopic (exact) mass is 422 g/mol. The molecule has 4 rings (SSSR count). The SMILES string of the molecule is O=C(C1=C(O)C(=O)N(CCCn2ccnc2)[C@H]1c1cccc([N+](=O)[O-])c1)c1ccco1. The number of aryl methyl sites for hydroxylation is 1. The quantitative estimate of drug-likeness (QED) is 0.335. The van der Waals surface area contributed by atoms with Gasteiger partial charge in [0.15, 0.2) is 11.5 Å². The van der Waals surface area contributed by atoms with Gasteiger partial charge in [0, 0.05) is 37.6 Å². The predicted octanol–water partition coefficient (Wildman–Crippen LogP) is 3.05. The van der Waals surface area contributed by atoms with E-state index >= 15 is 0 Å². The molecule has 1 atom stereocenters. The molecule has 1 N–H and O–H groups in total. The van der Waals surface area contributed by atoms with Gasteiger partial charge >= 0.3 is 0 Å². The summed E-state index contributed by atoms with van der Waals surface area (Å²) in [6.45, 7) is 0.775. The number of ketones is 1. The number of amides is 1. The average molecular weight is 422 g/mol. The molecule has 0 spiro atoms.